The fourth-order valence-electron chi connectivity index (χ4n) is 2.26. The molecule has 1 atom stereocenters. The van der Waals surface area contributed by atoms with Crippen molar-refractivity contribution >= 4 is 19.7 Å². The van der Waals surface area contributed by atoms with Gasteiger partial charge < -0.3 is 4.74 Å². The zero-order valence-electron chi connectivity index (χ0n) is 12.6. The first-order chi connectivity index (χ1) is 9.23. The molecule has 0 radical (unpaired) electrons. The van der Waals surface area contributed by atoms with E-state index in [1.807, 2.05) is 33.8 Å². The second-order valence-electron chi connectivity index (χ2n) is 5.38. The molecular weight excluding hydrogens is 296 g/mol. The van der Waals surface area contributed by atoms with Crippen molar-refractivity contribution in [2.75, 3.05) is 12.4 Å². The first kappa shape index (κ1) is 17.3. The summed E-state index contributed by atoms with van der Waals surface area (Å²) in [6, 6.07) is 4.09. The Kier molecular flexibility index (Phi) is 6.34. The minimum atomic E-state index is -3.48. The second-order valence-corrected chi connectivity index (χ2v) is 8.20. The van der Waals surface area contributed by atoms with Crippen molar-refractivity contribution in [3.8, 4) is 5.75 Å². The van der Waals surface area contributed by atoms with Crippen LogP contribution in [0.4, 0.5) is 0 Å². The minimum Gasteiger partial charge on any atom is -0.493 e. The molecule has 1 aromatic carbocycles. The highest BCUT2D eigenvalue weighted by Gasteiger charge is 2.18. The molecule has 20 heavy (non-hydrogen) atoms. The number of halogens is 1. The van der Waals surface area contributed by atoms with Crippen molar-refractivity contribution in [2.45, 2.75) is 40.5 Å². The highest BCUT2D eigenvalue weighted by molar-refractivity contribution is 8.13. The first-order valence-electron chi connectivity index (χ1n) is 6.86. The van der Waals surface area contributed by atoms with Crippen LogP contribution in [0.1, 0.15) is 36.5 Å². The highest BCUT2D eigenvalue weighted by atomic mass is 35.7. The zero-order chi connectivity index (χ0) is 15.3. The van der Waals surface area contributed by atoms with Gasteiger partial charge in [0.15, 0.2) is 0 Å². The van der Waals surface area contributed by atoms with Crippen molar-refractivity contribution in [1.82, 2.24) is 0 Å². The van der Waals surface area contributed by atoms with Gasteiger partial charge in [-0.05, 0) is 49.9 Å². The summed E-state index contributed by atoms with van der Waals surface area (Å²) < 4.78 is 28.3. The van der Waals surface area contributed by atoms with Crippen LogP contribution < -0.4 is 4.74 Å². The predicted octanol–water partition coefficient (Wildman–Crippen LogP) is 3.98. The Morgan fingerprint density at radius 3 is 2.45 bits per heavy atom. The Bertz CT molecular complexity index is 552. The lowest BCUT2D eigenvalue weighted by molar-refractivity contribution is 0.251. The van der Waals surface area contributed by atoms with Crippen LogP contribution in [0.3, 0.4) is 0 Å². The van der Waals surface area contributed by atoms with Crippen molar-refractivity contribution in [1.29, 1.82) is 0 Å². The standard InChI is InChI=1S/C15H23ClO3S/c1-5-6-14(10-20(16,17)18)9-19-15-8-11(2)7-12(3)13(15)4/h7-8,14H,5-6,9-10H2,1-4H3. The average Bonchev–Trinajstić information content (AvgIpc) is 2.30. The van der Waals surface area contributed by atoms with E-state index < -0.39 is 9.05 Å². The van der Waals surface area contributed by atoms with Gasteiger partial charge in [-0.3, -0.25) is 0 Å². The van der Waals surface area contributed by atoms with Crippen LogP contribution in [0.2, 0.25) is 0 Å². The lowest BCUT2D eigenvalue weighted by atomic mass is 10.1. The van der Waals surface area contributed by atoms with Crippen molar-refractivity contribution in [2.24, 2.45) is 5.92 Å². The Morgan fingerprint density at radius 1 is 1.25 bits per heavy atom. The zero-order valence-corrected chi connectivity index (χ0v) is 14.1. The molecular formula is C15H23ClO3S. The molecule has 114 valence electrons. The first-order valence-corrected chi connectivity index (χ1v) is 9.33. The Morgan fingerprint density at radius 2 is 1.90 bits per heavy atom. The molecule has 0 aliphatic carbocycles. The highest BCUT2D eigenvalue weighted by Crippen LogP contribution is 2.24. The summed E-state index contributed by atoms with van der Waals surface area (Å²) >= 11 is 0. The summed E-state index contributed by atoms with van der Waals surface area (Å²) in [4.78, 5) is 0. The normalized spacial score (nSPS) is 13.2. The number of aryl methyl sites for hydroxylation is 2. The average molecular weight is 319 g/mol. The predicted molar refractivity (Wildman–Crippen MR) is 84.2 cm³/mol. The number of hydrogen-bond acceptors (Lipinski definition) is 3. The largest absolute Gasteiger partial charge is 0.493 e. The van der Waals surface area contributed by atoms with Crippen LogP contribution >= 0.6 is 10.7 Å². The maximum Gasteiger partial charge on any atom is 0.232 e. The van der Waals surface area contributed by atoms with Crippen LogP contribution in [-0.4, -0.2) is 20.8 Å². The monoisotopic (exact) mass is 318 g/mol. The molecule has 3 nitrogen and oxygen atoms in total. The van der Waals surface area contributed by atoms with Gasteiger partial charge in [0, 0.05) is 16.6 Å². The van der Waals surface area contributed by atoms with Crippen molar-refractivity contribution in [3.63, 3.8) is 0 Å². The van der Waals surface area contributed by atoms with Crippen LogP contribution in [0.15, 0.2) is 12.1 Å². The summed E-state index contributed by atoms with van der Waals surface area (Å²) in [5.74, 6) is 0.727. The molecule has 0 bridgehead atoms. The fourth-order valence-corrected chi connectivity index (χ4v) is 3.62. The molecule has 0 amide bonds. The van der Waals surface area contributed by atoms with Crippen molar-refractivity contribution < 1.29 is 13.2 Å². The van der Waals surface area contributed by atoms with E-state index in [0.717, 1.165) is 29.7 Å². The quantitative estimate of drug-likeness (QED) is 0.714. The van der Waals surface area contributed by atoms with Gasteiger partial charge in [-0.15, -0.1) is 0 Å². The Labute approximate surface area is 126 Å². The van der Waals surface area contributed by atoms with E-state index in [1.54, 1.807) is 0 Å². The third kappa shape index (κ3) is 5.71. The van der Waals surface area contributed by atoms with Crippen LogP contribution in [-0.2, 0) is 9.05 Å². The van der Waals surface area contributed by atoms with E-state index >= 15 is 0 Å². The van der Waals surface area contributed by atoms with E-state index in [9.17, 15) is 8.42 Å². The third-order valence-electron chi connectivity index (χ3n) is 3.37. The van der Waals surface area contributed by atoms with E-state index in [-0.39, 0.29) is 11.7 Å². The summed E-state index contributed by atoms with van der Waals surface area (Å²) in [5.41, 5.74) is 3.41. The van der Waals surface area contributed by atoms with Crippen LogP contribution in [0, 0.1) is 26.7 Å². The van der Waals surface area contributed by atoms with Gasteiger partial charge in [-0.25, -0.2) is 8.42 Å². The lowest BCUT2D eigenvalue weighted by Gasteiger charge is -2.18. The molecule has 0 N–H and O–H groups in total. The minimum absolute atomic E-state index is 0.0355. The topological polar surface area (TPSA) is 43.4 Å². The molecule has 0 saturated heterocycles. The summed E-state index contributed by atoms with van der Waals surface area (Å²) in [7, 11) is 1.86. The van der Waals surface area contributed by atoms with Crippen LogP contribution in [0.25, 0.3) is 0 Å². The smallest absolute Gasteiger partial charge is 0.232 e. The summed E-state index contributed by atoms with van der Waals surface area (Å²) in [5, 5.41) is 0. The molecule has 0 aliphatic heterocycles. The van der Waals surface area contributed by atoms with E-state index in [0.29, 0.717) is 6.61 Å². The van der Waals surface area contributed by atoms with Gasteiger partial charge in [-0.2, -0.15) is 0 Å². The number of benzene rings is 1. The molecule has 1 rings (SSSR count). The molecule has 0 saturated carbocycles. The maximum absolute atomic E-state index is 11.2. The summed E-state index contributed by atoms with van der Waals surface area (Å²) in [6.45, 7) is 8.48. The number of hydrogen-bond donors (Lipinski definition) is 0. The van der Waals surface area contributed by atoms with Gasteiger partial charge in [0.1, 0.15) is 5.75 Å². The third-order valence-corrected chi connectivity index (χ3v) is 4.62. The van der Waals surface area contributed by atoms with Gasteiger partial charge >= 0.3 is 0 Å². The van der Waals surface area contributed by atoms with E-state index in [2.05, 4.69) is 6.07 Å². The van der Waals surface area contributed by atoms with Gasteiger partial charge in [-0.1, -0.05) is 19.4 Å². The summed E-state index contributed by atoms with van der Waals surface area (Å²) in [6.07, 6.45) is 1.70. The number of rotatable bonds is 7. The van der Waals surface area contributed by atoms with E-state index in [4.69, 9.17) is 15.4 Å². The lowest BCUT2D eigenvalue weighted by Crippen LogP contribution is -2.20. The van der Waals surface area contributed by atoms with Crippen LogP contribution in [0.5, 0.6) is 5.75 Å². The molecule has 0 heterocycles. The fraction of sp³-hybridized carbons (Fsp3) is 0.600. The van der Waals surface area contributed by atoms with Crippen molar-refractivity contribution in [3.05, 3.63) is 28.8 Å². The SMILES string of the molecule is CCCC(COc1cc(C)cc(C)c1C)CS(=O)(=O)Cl. The van der Waals surface area contributed by atoms with Gasteiger partial charge in [0.05, 0.1) is 12.4 Å². The Hall–Kier alpha value is -0.740. The molecule has 0 aromatic heterocycles. The molecule has 0 aliphatic rings. The molecule has 0 spiro atoms. The van der Waals surface area contributed by atoms with Gasteiger partial charge in [0.2, 0.25) is 9.05 Å². The maximum atomic E-state index is 11.2. The van der Waals surface area contributed by atoms with E-state index in [1.165, 1.54) is 5.56 Å². The van der Waals surface area contributed by atoms with Gasteiger partial charge in [0.25, 0.3) is 0 Å². The molecule has 1 unspecified atom stereocenters. The Balaban J connectivity index is 2.77. The number of ether oxygens (including phenoxy) is 1. The second kappa shape index (κ2) is 7.32. The molecule has 1 aromatic rings. The molecule has 0 fully saturated rings. The molecule has 5 heteroatoms.